The predicted molar refractivity (Wildman–Crippen MR) is 195 cm³/mol. The lowest BCUT2D eigenvalue weighted by Crippen LogP contribution is -2.41. The van der Waals surface area contributed by atoms with Crippen LogP contribution in [0.1, 0.15) is 108 Å². The van der Waals surface area contributed by atoms with Crippen LogP contribution in [0, 0.1) is 5.41 Å². The van der Waals surface area contributed by atoms with Crippen LogP contribution in [0.5, 0.6) is 0 Å². The zero-order valence-corrected chi connectivity index (χ0v) is 30.9. The van der Waals surface area contributed by atoms with E-state index in [0.717, 1.165) is 48.1 Å². The molecule has 1 aliphatic rings. The molecule has 0 radical (unpaired) electrons. The maximum Gasteiger partial charge on any atom is 0.303 e. The first kappa shape index (κ1) is 37.6. The van der Waals surface area contributed by atoms with E-state index >= 15 is 0 Å². The van der Waals surface area contributed by atoms with E-state index in [-0.39, 0.29) is 41.9 Å². The van der Waals surface area contributed by atoms with Gasteiger partial charge in [-0.15, -0.1) is 11.3 Å². The van der Waals surface area contributed by atoms with Crippen LogP contribution in [0.2, 0.25) is 0 Å². The second-order valence-electron chi connectivity index (χ2n) is 14.0. The molecule has 3 heterocycles. The molecule has 1 aromatic carbocycles. The fourth-order valence-corrected chi connectivity index (χ4v) is 8.13. The summed E-state index contributed by atoms with van der Waals surface area (Å²) >= 11 is 1.49. The summed E-state index contributed by atoms with van der Waals surface area (Å²) in [7, 11) is 1.70. The first-order chi connectivity index (χ1) is 24.4. The molecule has 272 valence electrons. The number of aromatic nitrogens is 5. The summed E-state index contributed by atoms with van der Waals surface area (Å²) < 4.78 is 1.64. The number of benzene rings is 1. The van der Waals surface area contributed by atoms with Gasteiger partial charge in [-0.05, 0) is 60.8 Å². The van der Waals surface area contributed by atoms with Gasteiger partial charge < -0.3 is 15.3 Å². The van der Waals surface area contributed by atoms with Gasteiger partial charge in [0.25, 0.3) is 5.91 Å². The standard InChI is InChI=1S/C37H48N8O5S/c1-6-27(7-2)44(16-15-43(5)31(46)11-12-32(47)48)20-24-9-8-10-25(17-24)35(50)41-36-33(28-13-14-37(3,4)18-29(28)51-36)34(49)26-19-40-45(21-26)22-30-38-23-39-42-30/h8-10,17,19,21,23,27H,6-7,11-16,18,20,22H2,1-5H3,(H,41,50)(H,47,48)(H,38,39,42). The van der Waals surface area contributed by atoms with Gasteiger partial charge in [0.2, 0.25) is 5.91 Å². The number of rotatable bonds is 17. The van der Waals surface area contributed by atoms with Crippen molar-refractivity contribution in [2.45, 2.75) is 91.8 Å². The van der Waals surface area contributed by atoms with Crippen molar-refractivity contribution in [2.24, 2.45) is 5.41 Å². The van der Waals surface area contributed by atoms with Gasteiger partial charge in [-0.1, -0.05) is 39.8 Å². The minimum Gasteiger partial charge on any atom is -0.481 e. The number of hydrogen-bond acceptors (Lipinski definition) is 9. The molecule has 0 saturated carbocycles. The van der Waals surface area contributed by atoms with Gasteiger partial charge in [-0.25, -0.2) is 4.98 Å². The number of carboxylic acid groups (broad SMARTS) is 1. The Morgan fingerprint density at radius 3 is 2.61 bits per heavy atom. The van der Waals surface area contributed by atoms with Crippen molar-refractivity contribution in [3.05, 3.63) is 81.5 Å². The Labute approximate surface area is 302 Å². The molecule has 14 heteroatoms. The van der Waals surface area contributed by atoms with Gasteiger partial charge >= 0.3 is 5.97 Å². The molecule has 3 aromatic heterocycles. The van der Waals surface area contributed by atoms with Gasteiger partial charge in [0.1, 0.15) is 23.7 Å². The van der Waals surface area contributed by atoms with Gasteiger partial charge in [-0.3, -0.25) is 33.9 Å². The number of nitrogens with zero attached hydrogens (tertiary/aromatic N) is 6. The first-order valence-electron chi connectivity index (χ1n) is 17.5. The minimum absolute atomic E-state index is 0.0282. The average Bonchev–Trinajstić information content (AvgIpc) is 3.86. The number of anilines is 1. The third-order valence-electron chi connectivity index (χ3n) is 9.64. The number of hydrogen-bond donors (Lipinski definition) is 3. The Morgan fingerprint density at radius 1 is 1.12 bits per heavy atom. The van der Waals surface area contributed by atoms with Crippen LogP contribution in [0.4, 0.5) is 5.00 Å². The summed E-state index contributed by atoms with van der Waals surface area (Å²) in [5.74, 6) is -1.02. The highest BCUT2D eigenvalue weighted by Gasteiger charge is 2.33. The number of H-pyrrole nitrogens is 1. The summed E-state index contributed by atoms with van der Waals surface area (Å²) in [5.41, 5.74) is 3.52. The SMILES string of the molecule is CCC(CC)N(CCN(C)C(=O)CCC(=O)O)Cc1cccc(C(=O)Nc2sc3c(c2C(=O)c2cnn(Cc4ncn[nH]4)c2)CCC(C)(C)C3)c1. The number of carbonyl (C=O) groups excluding carboxylic acids is 3. The van der Waals surface area contributed by atoms with E-state index in [2.05, 4.69) is 58.2 Å². The van der Waals surface area contributed by atoms with Gasteiger partial charge in [0.15, 0.2) is 5.78 Å². The smallest absolute Gasteiger partial charge is 0.303 e. The van der Waals surface area contributed by atoms with Crippen LogP contribution in [0.15, 0.2) is 43.0 Å². The number of nitrogens with one attached hydrogen (secondary N) is 2. The maximum atomic E-state index is 14.1. The highest BCUT2D eigenvalue weighted by molar-refractivity contribution is 7.17. The molecule has 3 N–H and O–H groups in total. The molecule has 0 saturated heterocycles. The van der Waals surface area contributed by atoms with Crippen molar-refractivity contribution in [2.75, 3.05) is 25.5 Å². The van der Waals surface area contributed by atoms with E-state index in [1.807, 2.05) is 18.2 Å². The van der Waals surface area contributed by atoms with Crippen molar-refractivity contribution < 1.29 is 24.3 Å². The molecular weight excluding hydrogens is 669 g/mol. The number of ketones is 1. The molecule has 0 atom stereocenters. The summed E-state index contributed by atoms with van der Waals surface area (Å²) in [6.45, 7) is 10.7. The lowest BCUT2D eigenvalue weighted by Gasteiger charge is -2.32. The molecule has 1 aliphatic carbocycles. The minimum atomic E-state index is -0.989. The van der Waals surface area contributed by atoms with Crippen molar-refractivity contribution in [1.29, 1.82) is 0 Å². The highest BCUT2D eigenvalue weighted by atomic mass is 32.1. The number of carbonyl (C=O) groups is 4. The van der Waals surface area contributed by atoms with Crippen LogP contribution in [0.25, 0.3) is 0 Å². The number of aliphatic carboxylic acids is 1. The molecule has 0 spiro atoms. The number of fused-ring (bicyclic) bond motifs is 1. The lowest BCUT2D eigenvalue weighted by molar-refractivity contribution is -0.140. The number of likely N-dealkylation sites (N-methyl/N-ethyl adjacent to an activating group) is 1. The van der Waals surface area contributed by atoms with E-state index in [1.165, 1.54) is 17.7 Å². The fraction of sp³-hybridized carbons (Fsp3) is 0.486. The van der Waals surface area contributed by atoms with Crippen LogP contribution in [-0.4, -0.2) is 89.6 Å². The zero-order valence-electron chi connectivity index (χ0n) is 30.1. The summed E-state index contributed by atoms with van der Waals surface area (Å²) in [5, 5.41) is 23.7. The van der Waals surface area contributed by atoms with E-state index in [0.29, 0.717) is 53.7 Å². The Hall–Kier alpha value is -4.69. The van der Waals surface area contributed by atoms with Gasteiger partial charge in [-0.2, -0.15) is 10.2 Å². The Balaban J connectivity index is 1.34. The molecule has 0 fully saturated rings. The molecule has 51 heavy (non-hydrogen) atoms. The molecule has 0 bridgehead atoms. The topological polar surface area (TPSA) is 166 Å². The molecule has 2 amide bonds. The lowest BCUT2D eigenvalue weighted by atomic mass is 9.76. The highest BCUT2D eigenvalue weighted by Crippen LogP contribution is 2.44. The van der Waals surface area contributed by atoms with Crippen LogP contribution < -0.4 is 5.32 Å². The molecule has 0 unspecified atom stereocenters. The van der Waals surface area contributed by atoms with Crippen molar-refractivity contribution in [1.82, 2.24) is 34.8 Å². The average molecular weight is 717 g/mol. The third-order valence-corrected chi connectivity index (χ3v) is 10.8. The number of amides is 2. The fourth-order valence-electron chi connectivity index (χ4n) is 6.63. The Morgan fingerprint density at radius 2 is 1.90 bits per heavy atom. The van der Waals surface area contributed by atoms with Crippen LogP contribution >= 0.6 is 11.3 Å². The molecular formula is C37H48N8O5S. The monoisotopic (exact) mass is 716 g/mol. The molecule has 4 aromatic rings. The normalized spacial score (nSPS) is 13.7. The molecule has 5 rings (SSSR count). The number of carboxylic acids is 1. The second kappa shape index (κ2) is 16.6. The van der Waals surface area contributed by atoms with Crippen molar-refractivity contribution in [3.63, 3.8) is 0 Å². The largest absolute Gasteiger partial charge is 0.481 e. The van der Waals surface area contributed by atoms with E-state index in [1.54, 1.807) is 35.1 Å². The summed E-state index contributed by atoms with van der Waals surface area (Å²) in [6, 6.07) is 7.79. The van der Waals surface area contributed by atoms with Gasteiger partial charge in [0, 0.05) is 55.8 Å². The summed E-state index contributed by atoms with van der Waals surface area (Å²) in [6.07, 6.45) is 8.83. The molecule has 13 nitrogen and oxygen atoms in total. The van der Waals surface area contributed by atoms with E-state index in [9.17, 15) is 19.2 Å². The van der Waals surface area contributed by atoms with Crippen LogP contribution in [0.3, 0.4) is 0 Å². The second-order valence-corrected chi connectivity index (χ2v) is 15.1. The van der Waals surface area contributed by atoms with Gasteiger partial charge in [0.05, 0.1) is 23.7 Å². The number of aromatic amines is 1. The van der Waals surface area contributed by atoms with Crippen molar-refractivity contribution in [3.8, 4) is 0 Å². The van der Waals surface area contributed by atoms with Crippen LogP contribution in [-0.2, 0) is 35.5 Å². The Bertz CT molecular complexity index is 1840. The van der Waals surface area contributed by atoms with E-state index in [4.69, 9.17) is 5.11 Å². The van der Waals surface area contributed by atoms with Crippen molar-refractivity contribution >= 4 is 39.9 Å². The third kappa shape index (κ3) is 9.56. The Kier molecular flexibility index (Phi) is 12.2. The molecule has 0 aliphatic heterocycles. The first-order valence-corrected chi connectivity index (χ1v) is 18.3. The summed E-state index contributed by atoms with van der Waals surface area (Å²) in [4.78, 5) is 60.6. The number of thiophene rings is 1. The zero-order chi connectivity index (χ0) is 36.7. The maximum absolute atomic E-state index is 14.1. The predicted octanol–water partition coefficient (Wildman–Crippen LogP) is 5.42. The quantitative estimate of drug-likeness (QED) is 0.121. The van der Waals surface area contributed by atoms with E-state index < -0.39 is 5.97 Å².